The third kappa shape index (κ3) is 4.37. The van der Waals surface area contributed by atoms with Crippen LogP contribution >= 0.6 is 47.8 Å². The van der Waals surface area contributed by atoms with Crippen molar-refractivity contribution in [2.75, 3.05) is 0 Å². The Labute approximate surface area is 114 Å². The van der Waals surface area contributed by atoms with Gasteiger partial charge in [0.1, 0.15) is 5.82 Å². The maximum atomic E-state index is 13.0. The molecule has 0 bridgehead atoms. The molecule has 1 aromatic carbocycles. The first-order valence-corrected chi connectivity index (χ1v) is 6.83. The summed E-state index contributed by atoms with van der Waals surface area (Å²) in [5, 5.41) is 0. The van der Waals surface area contributed by atoms with E-state index in [-0.39, 0.29) is 5.82 Å². The van der Waals surface area contributed by atoms with Gasteiger partial charge < -0.3 is 0 Å². The first kappa shape index (κ1) is 13.4. The Hall–Kier alpha value is 0.330. The van der Waals surface area contributed by atoms with Crippen LogP contribution in [0.1, 0.15) is 18.9 Å². The van der Waals surface area contributed by atoms with Gasteiger partial charge in [-0.3, -0.25) is 0 Å². The van der Waals surface area contributed by atoms with Gasteiger partial charge in [-0.15, -0.1) is 0 Å². The van der Waals surface area contributed by atoms with Gasteiger partial charge in [0.25, 0.3) is 0 Å². The Bertz CT molecular complexity index is 381. The minimum Gasteiger partial charge on any atom is -0.207 e. The van der Waals surface area contributed by atoms with Crippen LogP contribution in [0.15, 0.2) is 31.6 Å². The van der Waals surface area contributed by atoms with Crippen molar-refractivity contribution in [1.29, 1.82) is 0 Å². The predicted octanol–water partition coefficient (Wildman–Crippen LogP) is 5.54. The highest BCUT2D eigenvalue weighted by Crippen LogP contribution is 2.25. The Morgan fingerprint density at radius 1 is 1.33 bits per heavy atom. The summed E-state index contributed by atoms with van der Waals surface area (Å²) in [6.07, 6.45) is 1.72. The van der Waals surface area contributed by atoms with E-state index in [1.165, 1.54) is 11.6 Å². The third-order valence-electron chi connectivity index (χ3n) is 2.10. The van der Waals surface area contributed by atoms with Crippen LogP contribution < -0.4 is 0 Å². The Kier molecular flexibility index (Phi) is 5.50. The molecule has 0 nitrogen and oxygen atoms in total. The SMILES string of the molecule is CC(CCc1cc(F)ccc1Br)=C(Br)Br. The fraction of sp³-hybridized carbons (Fsp3) is 0.273. The van der Waals surface area contributed by atoms with Crippen LogP contribution in [0.2, 0.25) is 0 Å². The standard InChI is InChI=1S/C11H10Br3F/c1-7(11(13)14)2-3-8-6-9(15)4-5-10(8)12/h4-6H,2-3H2,1H3. The highest BCUT2D eigenvalue weighted by Gasteiger charge is 2.03. The number of allylic oxidation sites excluding steroid dienone is 1. The van der Waals surface area contributed by atoms with E-state index in [0.29, 0.717) is 0 Å². The maximum absolute atomic E-state index is 13.0. The third-order valence-corrected chi connectivity index (χ3v) is 4.23. The quantitative estimate of drug-likeness (QED) is 0.624. The molecule has 82 valence electrons. The van der Waals surface area contributed by atoms with Gasteiger partial charge in [-0.1, -0.05) is 21.5 Å². The van der Waals surface area contributed by atoms with Crippen molar-refractivity contribution in [3.05, 3.63) is 43.0 Å². The van der Waals surface area contributed by atoms with Gasteiger partial charge in [0, 0.05) is 4.47 Å². The van der Waals surface area contributed by atoms with Crippen LogP contribution in [-0.4, -0.2) is 0 Å². The van der Waals surface area contributed by atoms with E-state index in [4.69, 9.17) is 0 Å². The number of benzene rings is 1. The summed E-state index contributed by atoms with van der Waals surface area (Å²) in [5.74, 6) is -0.187. The van der Waals surface area contributed by atoms with Gasteiger partial charge in [0.15, 0.2) is 0 Å². The van der Waals surface area contributed by atoms with Crippen molar-refractivity contribution >= 4 is 47.8 Å². The lowest BCUT2D eigenvalue weighted by Crippen LogP contribution is -1.90. The Balaban J connectivity index is 2.73. The monoisotopic (exact) mass is 398 g/mol. The molecule has 0 saturated heterocycles. The summed E-state index contributed by atoms with van der Waals surface area (Å²) in [7, 11) is 0. The first-order valence-electron chi connectivity index (χ1n) is 4.45. The molecular weight excluding hydrogens is 391 g/mol. The largest absolute Gasteiger partial charge is 0.207 e. The van der Waals surface area contributed by atoms with Gasteiger partial charge in [-0.25, -0.2) is 4.39 Å². The molecule has 0 atom stereocenters. The highest BCUT2D eigenvalue weighted by molar-refractivity contribution is 9.28. The Morgan fingerprint density at radius 3 is 2.60 bits per heavy atom. The molecule has 4 heteroatoms. The van der Waals surface area contributed by atoms with Gasteiger partial charge in [0.2, 0.25) is 0 Å². The van der Waals surface area contributed by atoms with E-state index in [9.17, 15) is 4.39 Å². The van der Waals surface area contributed by atoms with Crippen molar-refractivity contribution in [1.82, 2.24) is 0 Å². The summed E-state index contributed by atoms with van der Waals surface area (Å²) in [4.78, 5) is 0. The lowest BCUT2D eigenvalue weighted by Gasteiger charge is -2.05. The molecule has 0 heterocycles. The van der Waals surface area contributed by atoms with E-state index in [1.807, 2.05) is 6.92 Å². The maximum Gasteiger partial charge on any atom is 0.123 e. The molecule has 0 aromatic heterocycles. The summed E-state index contributed by atoms with van der Waals surface area (Å²) in [6, 6.07) is 4.77. The molecule has 1 rings (SSSR count). The minimum absolute atomic E-state index is 0.187. The van der Waals surface area contributed by atoms with Crippen LogP contribution in [0.5, 0.6) is 0 Å². The number of rotatable bonds is 3. The lowest BCUT2D eigenvalue weighted by molar-refractivity contribution is 0.624. The summed E-state index contributed by atoms with van der Waals surface area (Å²) in [5.41, 5.74) is 2.21. The fourth-order valence-corrected chi connectivity index (χ4v) is 1.99. The Morgan fingerprint density at radius 2 is 2.00 bits per heavy atom. The molecule has 1 aromatic rings. The van der Waals surface area contributed by atoms with Gasteiger partial charge in [-0.2, -0.15) is 0 Å². The fourth-order valence-electron chi connectivity index (χ4n) is 1.15. The molecule has 0 aliphatic rings. The van der Waals surface area contributed by atoms with E-state index in [1.54, 1.807) is 12.1 Å². The predicted molar refractivity (Wildman–Crippen MR) is 73.0 cm³/mol. The lowest BCUT2D eigenvalue weighted by atomic mass is 10.1. The number of aryl methyl sites for hydroxylation is 1. The second-order valence-corrected chi connectivity index (χ2v) is 6.78. The van der Waals surface area contributed by atoms with Crippen LogP contribution in [0, 0.1) is 5.82 Å². The second kappa shape index (κ2) is 6.16. The topological polar surface area (TPSA) is 0 Å². The molecule has 0 amide bonds. The van der Waals surface area contributed by atoms with Crippen LogP contribution in [-0.2, 0) is 6.42 Å². The first-order chi connectivity index (χ1) is 7.00. The van der Waals surface area contributed by atoms with Gasteiger partial charge >= 0.3 is 0 Å². The van der Waals surface area contributed by atoms with E-state index < -0.39 is 0 Å². The average molecular weight is 401 g/mol. The smallest absolute Gasteiger partial charge is 0.123 e. The van der Waals surface area contributed by atoms with Gasteiger partial charge in [0.05, 0.1) is 3.39 Å². The van der Waals surface area contributed by atoms with E-state index in [0.717, 1.165) is 26.3 Å². The summed E-state index contributed by atoms with van der Waals surface area (Å²) < 4.78 is 14.9. The molecule has 0 radical (unpaired) electrons. The molecule has 0 aliphatic heterocycles. The van der Waals surface area contributed by atoms with Crippen LogP contribution in [0.4, 0.5) is 4.39 Å². The molecule has 0 unspecified atom stereocenters. The molecule has 0 fully saturated rings. The number of halogens is 4. The molecule has 0 spiro atoms. The van der Waals surface area contributed by atoms with E-state index in [2.05, 4.69) is 47.8 Å². The van der Waals surface area contributed by atoms with Crippen molar-refractivity contribution in [3.8, 4) is 0 Å². The van der Waals surface area contributed by atoms with Crippen molar-refractivity contribution in [2.24, 2.45) is 0 Å². The van der Waals surface area contributed by atoms with E-state index >= 15 is 0 Å². The summed E-state index contributed by atoms with van der Waals surface area (Å²) >= 11 is 10.1. The van der Waals surface area contributed by atoms with Crippen molar-refractivity contribution in [3.63, 3.8) is 0 Å². The average Bonchev–Trinajstić information content (AvgIpc) is 2.18. The number of hydrogen-bond donors (Lipinski definition) is 0. The normalized spacial score (nSPS) is 10.2. The zero-order chi connectivity index (χ0) is 11.4. The minimum atomic E-state index is -0.187. The molecule has 0 N–H and O–H groups in total. The molecular formula is C11H10Br3F. The van der Waals surface area contributed by atoms with Crippen molar-refractivity contribution < 1.29 is 4.39 Å². The summed E-state index contributed by atoms with van der Waals surface area (Å²) in [6.45, 7) is 2.03. The zero-order valence-electron chi connectivity index (χ0n) is 8.16. The zero-order valence-corrected chi connectivity index (χ0v) is 12.9. The number of hydrogen-bond acceptors (Lipinski definition) is 0. The molecule has 0 aliphatic carbocycles. The molecule has 15 heavy (non-hydrogen) atoms. The second-order valence-electron chi connectivity index (χ2n) is 3.28. The van der Waals surface area contributed by atoms with Crippen LogP contribution in [0.25, 0.3) is 0 Å². The van der Waals surface area contributed by atoms with Gasteiger partial charge in [-0.05, 0) is 75.4 Å². The van der Waals surface area contributed by atoms with Crippen LogP contribution in [0.3, 0.4) is 0 Å². The highest BCUT2D eigenvalue weighted by atomic mass is 79.9. The molecule has 0 saturated carbocycles. The van der Waals surface area contributed by atoms with Crippen molar-refractivity contribution in [2.45, 2.75) is 19.8 Å².